The van der Waals surface area contributed by atoms with Gasteiger partial charge in [0.05, 0.1) is 24.1 Å². The second-order valence-corrected chi connectivity index (χ2v) is 7.42. The van der Waals surface area contributed by atoms with Crippen LogP contribution in [-0.2, 0) is 9.47 Å². The van der Waals surface area contributed by atoms with Crippen LogP contribution in [0, 0.1) is 6.92 Å². The number of nitrogens with one attached hydrogen (secondary N) is 1. The van der Waals surface area contributed by atoms with Crippen LogP contribution < -0.4 is 16.0 Å². The lowest BCUT2D eigenvalue weighted by molar-refractivity contribution is -0.0384. The van der Waals surface area contributed by atoms with Crippen molar-refractivity contribution in [2.45, 2.75) is 44.9 Å². The average molecular weight is 401 g/mol. The van der Waals surface area contributed by atoms with Crippen molar-refractivity contribution in [3.63, 3.8) is 0 Å². The number of carbonyl (C=O) groups is 1. The molecule has 0 aliphatic carbocycles. The van der Waals surface area contributed by atoms with Crippen LogP contribution in [-0.4, -0.2) is 58.7 Å². The van der Waals surface area contributed by atoms with Crippen LogP contribution in [0.2, 0.25) is 0 Å². The van der Waals surface area contributed by atoms with Gasteiger partial charge in [0.2, 0.25) is 5.95 Å². The summed E-state index contributed by atoms with van der Waals surface area (Å²) < 4.78 is 13.2. The molecule has 156 valence electrons. The number of alkyl carbamates (subject to hydrolysis) is 1. The van der Waals surface area contributed by atoms with E-state index in [1.54, 1.807) is 7.05 Å². The molecular weight excluding hydrogens is 374 g/mol. The van der Waals surface area contributed by atoms with E-state index in [0.717, 1.165) is 50.1 Å². The Morgan fingerprint density at radius 2 is 2.21 bits per heavy atom. The topological polar surface area (TPSA) is 120 Å². The van der Waals surface area contributed by atoms with Crippen LogP contribution in [0.4, 0.5) is 16.6 Å². The third kappa shape index (κ3) is 4.12. The van der Waals surface area contributed by atoms with E-state index in [4.69, 9.17) is 15.2 Å². The number of hydrogen-bond donors (Lipinski definition) is 2. The molecule has 0 aromatic carbocycles. The molecule has 3 N–H and O–H groups in total. The third-order valence-electron chi connectivity index (χ3n) is 5.33. The van der Waals surface area contributed by atoms with Crippen molar-refractivity contribution >= 4 is 17.9 Å². The Hall–Kier alpha value is -2.88. The van der Waals surface area contributed by atoms with Gasteiger partial charge in [-0.05, 0) is 31.7 Å². The normalized spacial score (nSPS) is 21.9. The second-order valence-electron chi connectivity index (χ2n) is 7.42. The van der Waals surface area contributed by atoms with Gasteiger partial charge in [-0.1, -0.05) is 0 Å². The van der Waals surface area contributed by atoms with Gasteiger partial charge < -0.3 is 25.4 Å². The molecule has 2 saturated heterocycles. The summed E-state index contributed by atoms with van der Waals surface area (Å²) in [6.45, 7) is 4.03. The number of nitrogens with two attached hydrogens (primary N) is 1. The minimum atomic E-state index is -0.424. The number of aryl methyl sites for hydroxylation is 1. The monoisotopic (exact) mass is 401 g/mol. The summed E-state index contributed by atoms with van der Waals surface area (Å²) in [6.07, 6.45) is 4.97. The maximum atomic E-state index is 11.5. The number of aromatic nitrogens is 4. The van der Waals surface area contributed by atoms with E-state index in [1.165, 1.54) is 0 Å². The van der Waals surface area contributed by atoms with Crippen LogP contribution >= 0.6 is 0 Å². The summed E-state index contributed by atoms with van der Waals surface area (Å²) >= 11 is 0. The fourth-order valence-corrected chi connectivity index (χ4v) is 3.88. The lowest BCUT2D eigenvalue weighted by atomic mass is 10.1. The molecular formula is C19H27N7O3. The van der Waals surface area contributed by atoms with Gasteiger partial charge in [0, 0.05) is 32.7 Å². The van der Waals surface area contributed by atoms with Crippen molar-refractivity contribution in [1.29, 1.82) is 0 Å². The quantitative estimate of drug-likeness (QED) is 0.796. The SMILES string of the molecule is CNC(=O)O[C@@H]1CCN(c2cc(-c3c(C)cnn3C3CCCCO3)nc(N)n2)C1. The number of ether oxygens (including phenoxy) is 2. The highest BCUT2D eigenvalue weighted by Gasteiger charge is 2.28. The summed E-state index contributed by atoms with van der Waals surface area (Å²) in [5, 5.41) is 7.02. The van der Waals surface area contributed by atoms with Crippen LogP contribution in [0.15, 0.2) is 12.3 Å². The van der Waals surface area contributed by atoms with E-state index < -0.39 is 6.09 Å². The predicted octanol–water partition coefficient (Wildman–Crippen LogP) is 1.86. The Balaban J connectivity index is 1.60. The molecule has 2 aromatic heterocycles. The Morgan fingerprint density at radius 3 is 2.97 bits per heavy atom. The maximum Gasteiger partial charge on any atom is 0.407 e. The zero-order valence-corrected chi connectivity index (χ0v) is 16.8. The van der Waals surface area contributed by atoms with Gasteiger partial charge >= 0.3 is 6.09 Å². The largest absolute Gasteiger partial charge is 0.444 e. The van der Waals surface area contributed by atoms with Crippen molar-refractivity contribution in [2.75, 3.05) is 37.4 Å². The molecule has 2 aromatic rings. The standard InChI is InChI=1S/C19H27N7O3/c1-12-10-22-26(16-5-3-4-8-28-16)17(12)14-9-15(24-18(20)23-14)25-7-6-13(11-25)29-19(27)21-2/h9-10,13,16H,3-8,11H2,1-2H3,(H,21,27)(H2,20,23,24)/t13-,16?/m1/s1. The molecule has 2 aliphatic rings. The highest BCUT2D eigenvalue weighted by atomic mass is 16.6. The maximum absolute atomic E-state index is 11.5. The fourth-order valence-electron chi connectivity index (χ4n) is 3.88. The lowest BCUT2D eigenvalue weighted by Gasteiger charge is -2.25. The zero-order valence-electron chi connectivity index (χ0n) is 16.8. The van der Waals surface area contributed by atoms with E-state index in [0.29, 0.717) is 18.1 Å². The number of carbonyl (C=O) groups excluding carboxylic acids is 1. The molecule has 0 saturated carbocycles. The Kier molecular flexibility index (Phi) is 5.52. The van der Waals surface area contributed by atoms with Crippen molar-refractivity contribution in [1.82, 2.24) is 25.1 Å². The molecule has 1 unspecified atom stereocenters. The smallest absolute Gasteiger partial charge is 0.407 e. The molecule has 10 heteroatoms. The minimum absolute atomic E-state index is 0.0933. The number of amides is 1. The molecule has 1 amide bonds. The van der Waals surface area contributed by atoms with Gasteiger partial charge in [-0.3, -0.25) is 0 Å². The first-order valence-corrected chi connectivity index (χ1v) is 9.99. The van der Waals surface area contributed by atoms with E-state index in [1.807, 2.05) is 23.9 Å². The van der Waals surface area contributed by atoms with Crippen molar-refractivity contribution in [2.24, 2.45) is 0 Å². The van der Waals surface area contributed by atoms with Crippen molar-refractivity contribution in [3.05, 3.63) is 17.8 Å². The first-order chi connectivity index (χ1) is 14.0. The molecule has 0 spiro atoms. The predicted molar refractivity (Wildman–Crippen MR) is 107 cm³/mol. The molecule has 29 heavy (non-hydrogen) atoms. The summed E-state index contributed by atoms with van der Waals surface area (Å²) in [6, 6.07) is 1.92. The Bertz CT molecular complexity index is 879. The fraction of sp³-hybridized carbons (Fsp3) is 0.579. The molecule has 2 aliphatic heterocycles. The van der Waals surface area contributed by atoms with Crippen molar-refractivity contribution in [3.8, 4) is 11.4 Å². The van der Waals surface area contributed by atoms with E-state index >= 15 is 0 Å². The number of nitrogens with zero attached hydrogens (tertiary/aromatic N) is 5. The van der Waals surface area contributed by atoms with Crippen LogP contribution in [0.5, 0.6) is 0 Å². The van der Waals surface area contributed by atoms with Crippen LogP contribution in [0.25, 0.3) is 11.4 Å². The van der Waals surface area contributed by atoms with E-state index in [-0.39, 0.29) is 18.3 Å². The molecule has 4 heterocycles. The second kappa shape index (κ2) is 8.24. The summed E-state index contributed by atoms with van der Waals surface area (Å²) in [7, 11) is 1.55. The van der Waals surface area contributed by atoms with Crippen LogP contribution in [0.3, 0.4) is 0 Å². The number of rotatable bonds is 4. The highest BCUT2D eigenvalue weighted by molar-refractivity contribution is 5.67. The minimum Gasteiger partial charge on any atom is -0.444 e. The lowest BCUT2D eigenvalue weighted by Crippen LogP contribution is -2.29. The average Bonchev–Trinajstić information content (AvgIpc) is 3.34. The van der Waals surface area contributed by atoms with E-state index in [9.17, 15) is 4.79 Å². The van der Waals surface area contributed by atoms with E-state index in [2.05, 4.69) is 25.3 Å². The number of nitrogen functional groups attached to an aromatic ring is 1. The van der Waals surface area contributed by atoms with Gasteiger partial charge in [-0.2, -0.15) is 10.1 Å². The molecule has 0 radical (unpaired) electrons. The van der Waals surface area contributed by atoms with Crippen molar-refractivity contribution < 1.29 is 14.3 Å². The molecule has 2 atom stereocenters. The molecule has 4 rings (SSSR count). The third-order valence-corrected chi connectivity index (χ3v) is 5.33. The van der Waals surface area contributed by atoms with Gasteiger partial charge in [0.15, 0.2) is 6.23 Å². The Labute approximate surface area is 169 Å². The summed E-state index contributed by atoms with van der Waals surface area (Å²) in [5.74, 6) is 0.914. The van der Waals surface area contributed by atoms with Gasteiger partial charge in [0.25, 0.3) is 0 Å². The zero-order chi connectivity index (χ0) is 20.4. The molecule has 2 fully saturated rings. The first kappa shape index (κ1) is 19.4. The van der Waals surface area contributed by atoms with Gasteiger partial charge in [-0.15, -0.1) is 0 Å². The summed E-state index contributed by atoms with van der Waals surface area (Å²) in [5.41, 5.74) is 8.66. The Morgan fingerprint density at radius 1 is 1.34 bits per heavy atom. The number of anilines is 2. The summed E-state index contributed by atoms with van der Waals surface area (Å²) in [4.78, 5) is 22.4. The molecule has 0 bridgehead atoms. The number of hydrogen-bond acceptors (Lipinski definition) is 8. The molecule has 10 nitrogen and oxygen atoms in total. The first-order valence-electron chi connectivity index (χ1n) is 9.99. The highest BCUT2D eigenvalue weighted by Crippen LogP contribution is 2.32. The van der Waals surface area contributed by atoms with Gasteiger partial charge in [0.1, 0.15) is 11.9 Å². The van der Waals surface area contributed by atoms with Crippen LogP contribution in [0.1, 0.15) is 37.5 Å². The van der Waals surface area contributed by atoms with Gasteiger partial charge in [-0.25, -0.2) is 14.5 Å².